The number of rotatable bonds is 3. The van der Waals surface area contributed by atoms with Gasteiger partial charge in [-0.2, -0.15) is 13.2 Å². The molecule has 1 heterocycles. The Bertz CT molecular complexity index is 921. The molecule has 0 spiro atoms. The highest BCUT2D eigenvalue weighted by Crippen LogP contribution is 2.41. The molecule has 1 aliphatic rings. The summed E-state index contributed by atoms with van der Waals surface area (Å²) in [7, 11) is 0. The fourth-order valence-corrected chi connectivity index (χ4v) is 3.60. The number of hydrogen-bond acceptors (Lipinski definition) is 3. The molecule has 3 rings (SSSR count). The minimum atomic E-state index is -4.46. The zero-order valence-corrected chi connectivity index (χ0v) is 15.0. The lowest BCUT2D eigenvalue weighted by molar-refractivity contribution is -0.138. The van der Waals surface area contributed by atoms with Crippen molar-refractivity contribution in [2.24, 2.45) is 0 Å². The number of aromatic nitrogens is 2. The number of amides is 1. The molecular formula is C19H20F3N3O2. The molecule has 27 heavy (non-hydrogen) atoms. The summed E-state index contributed by atoms with van der Waals surface area (Å²) in [5, 5.41) is 2.72. The first-order valence-corrected chi connectivity index (χ1v) is 8.73. The number of carbonyl (C=O) groups excluding carboxylic acids is 1. The summed E-state index contributed by atoms with van der Waals surface area (Å²) in [6.45, 7) is 3.34. The largest absolute Gasteiger partial charge is 0.416 e. The number of aromatic amines is 1. The van der Waals surface area contributed by atoms with Crippen LogP contribution in [0.1, 0.15) is 58.2 Å². The maximum atomic E-state index is 13.3. The molecule has 8 heteroatoms. The quantitative estimate of drug-likeness (QED) is 0.858. The number of benzene rings is 1. The second-order valence-electron chi connectivity index (χ2n) is 6.83. The van der Waals surface area contributed by atoms with Gasteiger partial charge in [-0.15, -0.1) is 0 Å². The van der Waals surface area contributed by atoms with E-state index in [-0.39, 0.29) is 11.3 Å². The molecule has 2 N–H and O–H groups in total. The second-order valence-corrected chi connectivity index (χ2v) is 6.83. The van der Waals surface area contributed by atoms with Crippen LogP contribution in [0.25, 0.3) is 0 Å². The van der Waals surface area contributed by atoms with Crippen LogP contribution < -0.4 is 10.9 Å². The van der Waals surface area contributed by atoms with Gasteiger partial charge in [-0.25, -0.2) is 4.98 Å². The van der Waals surface area contributed by atoms with Gasteiger partial charge in [-0.05, 0) is 38.3 Å². The first-order valence-electron chi connectivity index (χ1n) is 8.73. The van der Waals surface area contributed by atoms with Crippen LogP contribution in [0.5, 0.6) is 0 Å². The van der Waals surface area contributed by atoms with Crippen molar-refractivity contribution in [1.29, 1.82) is 0 Å². The first kappa shape index (κ1) is 19.1. The molecule has 0 aliphatic heterocycles. The van der Waals surface area contributed by atoms with Crippen molar-refractivity contribution in [3.05, 3.63) is 62.8 Å². The van der Waals surface area contributed by atoms with Gasteiger partial charge in [0.25, 0.3) is 11.5 Å². The molecule has 1 aromatic heterocycles. The molecule has 5 nitrogen and oxygen atoms in total. The van der Waals surface area contributed by atoms with Gasteiger partial charge in [0.05, 0.1) is 11.3 Å². The number of carbonyl (C=O) groups is 1. The number of aryl methyl sites for hydroxylation is 2. The number of nitrogens with zero attached hydrogens (tertiary/aromatic N) is 1. The monoisotopic (exact) mass is 379 g/mol. The van der Waals surface area contributed by atoms with Gasteiger partial charge >= 0.3 is 6.18 Å². The van der Waals surface area contributed by atoms with Crippen molar-refractivity contribution in [2.75, 3.05) is 0 Å². The summed E-state index contributed by atoms with van der Waals surface area (Å²) in [6.07, 6.45) is -2.68. The van der Waals surface area contributed by atoms with E-state index >= 15 is 0 Å². The second kappa shape index (κ2) is 7.17. The standard InChI is InChI=1S/C19H20F3N3O2/c1-10-11(2)24-17(26)16(23-10)18(27)25-15-9-5-7-13(15)12-6-3-4-8-14(12)19(20,21)22/h3-4,6,8,13,15H,5,7,9H2,1-2H3,(H,24,26)(H,25,27). The highest BCUT2D eigenvalue weighted by Gasteiger charge is 2.39. The molecule has 1 aliphatic carbocycles. The lowest BCUT2D eigenvalue weighted by Gasteiger charge is -2.24. The molecule has 1 amide bonds. The fourth-order valence-electron chi connectivity index (χ4n) is 3.60. The van der Waals surface area contributed by atoms with Crippen molar-refractivity contribution in [2.45, 2.75) is 51.2 Å². The highest BCUT2D eigenvalue weighted by molar-refractivity contribution is 5.92. The lowest BCUT2D eigenvalue weighted by Crippen LogP contribution is -2.40. The Balaban J connectivity index is 1.88. The van der Waals surface area contributed by atoms with Crippen LogP contribution in [0.2, 0.25) is 0 Å². The molecule has 1 fully saturated rings. The van der Waals surface area contributed by atoms with Crippen LogP contribution in [0.15, 0.2) is 29.1 Å². The molecular weight excluding hydrogens is 359 g/mol. The van der Waals surface area contributed by atoms with E-state index in [0.29, 0.717) is 30.7 Å². The fraction of sp³-hybridized carbons (Fsp3) is 0.421. The summed E-state index contributed by atoms with van der Waals surface area (Å²) in [5.41, 5.74) is -0.304. The number of hydrogen-bond donors (Lipinski definition) is 2. The Kier molecular flexibility index (Phi) is 5.08. The summed E-state index contributed by atoms with van der Waals surface area (Å²) in [5.74, 6) is -1.13. The highest BCUT2D eigenvalue weighted by atomic mass is 19.4. The van der Waals surface area contributed by atoms with E-state index in [1.54, 1.807) is 19.9 Å². The van der Waals surface area contributed by atoms with Crippen LogP contribution in [-0.2, 0) is 6.18 Å². The predicted octanol–water partition coefficient (Wildman–Crippen LogP) is 3.47. The summed E-state index contributed by atoms with van der Waals surface area (Å²) >= 11 is 0. The minimum absolute atomic E-state index is 0.176. The van der Waals surface area contributed by atoms with E-state index in [4.69, 9.17) is 0 Å². The molecule has 0 saturated heterocycles. The van der Waals surface area contributed by atoms with E-state index in [1.165, 1.54) is 12.1 Å². The van der Waals surface area contributed by atoms with Crippen molar-refractivity contribution >= 4 is 5.91 Å². The van der Waals surface area contributed by atoms with E-state index in [9.17, 15) is 22.8 Å². The Hall–Kier alpha value is -2.64. The van der Waals surface area contributed by atoms with Crippen LogP contribution in [-0.4, -0.2) is 21.9 Å². The maximum Gasteiger partial charge on any atom is 0.416 e. The smallest absolute Gasteiger partial charge is 0.347 e. The Morgan fingerprint density at radius 3 is 2.63 bits per heavy atom. The summed E-state index contributed by atoms with van der Waals surface area (Å²) in [6, 6.07) is 4.95. The minimum Gasteiger partial charge on any atom is -0.347 e. The molecule has 0 bridgehead atoms. The average molecular weight is 379 g/mol. The third kappa shape index (κ3) is 3.89. The van der Waals surface area contributed by atoms with Gasteiger partial charge in [0, 0.05) is 17.7 Å². The SMILES string of the molecule is Cc1nc(C(=O)NC2CCCC2c2ccccc2C(F)(F)F)c(=O)[nH]c1C. The molecule has 1 aromatic carbocycles. The average Bonchev–Trinajstić information content (AvgIpc) is 3.05. The number of alkyl halides is 3. The van der Waals surface area contributed by atoms with E-state index < -0.39 is 35.2 Å². The van der Waals surface area contributed by atoms with Crippen molar-refractivity contribution in [3.8, 4) is 0 Å². The molecule has 1 saturated carbocycles. The van der Waals surface area contributed by atoms with Gasteiger partial charge in [-0.1, -0.05) is 24.6 Å². The normalized spacial score (nSPS) is 19.9. The molecule has 144 valence electrons. The van der Waals surface area contributed by atoms with Crippen LogP contribution in [0, 0.1) is 13.8 Å². The molecule has 2 aromatic rings. The molecule has 0 radical (unpaired) electrons. The van der Waals surface area contributed by atoms with Crippen LogP contribution in [0.4, 0.5) is 13.2 Å². The first-order chi connectivity index (χ1) is 12.7. The Morgan fingerprint density at radius 1 is 1.22 bits per heavy atom. The maximum absolute atomic E-state index is 13.3. The zero-order valence-electron chi connectivity index (χ0n) is 15.0. The molecule has 2 unspecified atom stereocenters. The third-order valence-corrected chi connectivity index (χ3v) is 5.05. The van der Waals surface area contributed by atoms with Gasteiger partial charge in [-0.3, -0.25) is 9.59 Å². The van der Waals surface area contributed by atoms with E-state index in [0.717, 1.165) is 6.07 Å². The van der Waals surface area contributed by atoms with Gasteiger partial charge in [0.2, 0.25) is 0 Å². The van der Waals surface area contributed by atoms with Gasteiger partial charge in [0.1, 0.15) is 0 Å². The third-order valence-electron chi connectivity index (χ3n) is 5.05. The van der Waals surface area contributed by atoms with Crippen molar-refractivity contribution < 1.29 is 18.0 Å². The Labute approximate surface area is 154 Å². The number of halogens is 3. The topological polar surface area (TPSA) is 74.8 Å². The number of H-pyrrole nitrogens is 1. The molecule has 2 atom stereocenters. The van der Waals surface area contributed by atoms with Gasteiger partial charge in [0.15, 0.2) is 5.69 Å². The van der Waals surface area contributed by atoms with Crippen molar-refractivity contribution in [3.63, 3.8) is 0 Å². The van der Waals surface area contributed by atoms with Crippen LogP contribution >= 0.6 is 0 Å². The summed E-state index contributed by atoms with van der Waals surface area (Å²) < 4.78 is 40.0. The lowest BCUT2D eigenvalue weighted by atomic mass is 9.89. The van der Waals surface area contributed by atoms with E-state index in [2.05, 4.69) is 15.3 Å². The predicted molar refractivity (Wildman–Crippen MR) is 93.6 cm³/mol. The number of nitrogens with one attached hydrogen (secondary N) is 2. The van der Waals surface area contributed by atoms with Crippen LogP contribution in [0.3, 0.4) is 0 Å². The zero-order chi connectivity index (χ0) is 19.8. The van der Waals surface area contributed by atoms with Crippen molar-refractivity contribution in [1.82, 2.24) is 15.3 Å². The van der Waals surface area contributed by atoms with E-state index in [1.807, 2.05) is 0 Å². The Morgan fingerprint density at radius 2 is 1.93 bits per heavy atom. The van der Waals surface area contributed by atoms with Gasteiger partial charge < -0.3 is 10.3 Å². The summed E-state index contributed by atoms with van der Waals surface area (Å²) in [4.78, 5) is 31.1.